The number of imidazole rings is 1. The summed E-state index contributed by atoms with van der Waals surface area (Å²) in [6.45, 7) is 2.38. The second-order valence-corrected chi connectivity index (χ2v) is 4.76. The maximum absolute atomic E-state index is 12.0. The maximum atomic E-state index is 12.0. The quantitative estimate of drug-likeness (QED) is 0.800. The van der Waals surface area contributed by atoms with Crippen LogP contribution in [0.25, 0.3) is 5.69 Å². The second-order valence-electron chi connectivity index (χ2n) is 4.76. The summed E-state index contributed by atoms with van der Waals surface area (Å²) in [6, 6.07) is 11.6. The van der Waals surface area contributed by atoms with Crippen LogP contribution in [0.2, 0.25) is 0 Å². The molecule has 0 saturated carbocycles. The van der Waals surface area contributed by atoms with Crippen LogP contribution >= 0.6 is 0 Å². The van der Waals surface area contributed by atoms with E-state index in [1.807, 2.05) is 41.8 Å². The van der Waals surface area contributed by atoms with Gasteiger partial charge in [-0.15, -0.1) is 0 Å². The van der Waals surface area contributed by atoms with Crippen LogP contribution in [0.1, 0.15) is 21.8 Å². The van der Waals surface area contributed by atoms with E-state index in [1.54, 1.807) is 24.9 Å². The summed E-state index contributed by atoms with van der Waals surface area (Å²) in [6.07, 6.45) is 4.92. The van der Waals surface area contributed by atoms with Gasteiger partial charge >= 0.3 is 0 Å². The minimum Gasteiger partial charge on any atom is -0.467 e. The molecule has 21 heavy (non-hydrogen) atoms. The highest BCUT2D eigenvalue weighted by atomic mass is 16.3. The zero-order chi connectivity index (χ0) is 14.7. The second kappa shape index (κ2) is 5.66. The van der Waals surface area contributed by atoms with Crippen LogP contribution in [-0.4, -0.2) is 15.5 Å². The topological polar surface area (TPSA) is 60.1 Å². The molecule has 2 heterocycles. The number of aryl methyl sites for hydroxylation is 1. The lowest BCUT2D eigenvalue weighted by atomic mass is 10.2. The van der Waals surface area contributed by atoms with E-state index in [1.165, 1.54) is 5.56 Å². The van der Waals surface area contributed by atoms with Crippen molar-refractivity contribution in [1.29, 1.82) is 0 Å². The van der Waals surface area contributed by atoms with Crippen molar-refractivity contribution in [3.8, 4) is 5.69 Å². The van der Waals surface area contributed by atoms with Gasteiger partial charge in [-0.1, -0.05) is 17.7 Å². The first-order chi connectivity index (χ1) is 10.2. The van der Waals surface area contributed by atoms with Crippen molar-refractivity contribution in [3.63, 3.8) is 0 Å². The monoisotopic (exact) mass is 281 g/mol. The smallest absolute Gasteiger partial charge is 0.271 e. The summed E-state index contributed by atoms with van der Waals surface area (Å²) in [5, 5.41) is 2.77. The Bertz CT molecular complexity index is 727. The highest BCUT2D eigenvalue weighted by Gasteiger charge is 2.10. The number of furan rings is 1. The summed E-state index contributed by atoms with van der Waals surface area (Å²) in [4.78, 5) is 16.1. The van der Waals surface area contributed by atoms with E-state index in [4.69, 9.17) is 4.42 Å². The van der Waals surface area contributed by atoms with Gasteiger partial charge in [-0.3, -0.25) is 4.79 Å². The third-order valence-electron chi connectivity index (χ3n) is 3.15. The molecule has 0 radical (unpaired) electrons. The molecule has 0 aliphatic carbocycles. The molecule has 5 heteroatoms. The molecule has 0 unspecified atom stereocenters. The Morgan fingerprint density at radius 1 is 1.29 bits per heavy atom. The van der Waals surface area contributed by atoms with E-state index in [0.717, 1.165) is 5.69 Å². The third-order valence-corrected chi connectivity index (χ3v) is 3.15. The van der Waals surface area contributed by atoms with Crippen LogP contribution in [0.15, 0.2) is 59.6 Å². The molecule has 0 saturated heterocycles. The molecule has 0 aliphatic rings. The van der Waals surface area contributed by atoms with Gasteiger partial charge in [0.1, 0.15) is 17.8 Å². The number of hydrogen-bond acceptors (Lipinski definition) is 3. The van der Waals surface area contributed by atoms with Crippen LogP contribution in [0.3, 0.4) is 0 Å². The number of hydrogen-bond donors (Lipinski definition) is 1. The average molecular weight is 281 g/mol. The normalized spacial score (nSPS) is 10.5. The molecule has 0 aliphatic heterocycles. The largest absolute Gasteiger partial charge is 0.467 e. The van der Waals surface area contributed by atoms with Gasteiger partial charge in [-0.2, -0.15) is 0 Å². The molecule has 1 amide bonds. The number of aromatic nitrogens is 2. The predicted molar refractivity (Wildman–Crippen MR) is 78.2 cm³/mol. The molecule has 0 atom stereocenters. The lowest BCUT2D eigenvalue weighted by Crippen LogP contribution is -2.22. The fraction of sp³-hybridized carbons (Fsp3) is 0.125. The molecular weight excluding hydrogens is 266 g/mol. The van der Waals surface area contributed by atoms with E-state index in [9.17, 15) is 4.79 Å². The van der Waals surface area contributed by atoms with Crippen LogP contribution in [0.4, 0.5) is 0 Å². The number of nitrogens with zero attached hydrogens (tertiary/aromatic N) is 2. The molecule has 0 fully saturated rings. The van der Waals surface area contributed by atoms with E-state index >= 15 is 0 Å². The van der Waals surface area contributed by atoms with E-state index < -0.39 is 0 Å². The molecule has 5 nitrogen and oxygen atoms in total. The number of nitrogens with one attached hydrogen (secondary N) is 1. The summed E-state index contributed by atoms with van der Waals surface area (Å²) < 4.78 is 6.99. The molecule has 2 aromatic heterocycles. The van der Waals surface area contributed by atoms with Gasteiger partial charge in [-0.25, -0.2) is 4.98 Å². The van der Waals surface area contributed by atoms with Crippen molar-refractivity contribution >= 4 is 5.91 Å². The van der Waals surface area contributed by atoms with Crippen LogP contribution in [-0.2, 0) is 6.54 Å². The average Bonchev–Trinajstić information content (AvgIpc) is 3.17. The predicted octanol–water partition coefficient (Wildman–Crippen LogP) is 2.70. The Morgan fingerprint density at radius 2 is 2.10 bits per heavy atom. The van der Waals surface area contributed by atoms with Crippen molar-refractivity contribution in [1.82, 2.24) is 14.9 Å². The van der Waals surface area contributed by atoms with Gasteiger partial charge in [0.25, 0.3) is 5.91 Å². The zero-order valence-corrected chi connectivity index (χ0v) is 11.6. The molecule has 3 rings (SSSR count). The Morgan fingerprint density at radius 3 is 2.81 bits per heavy atom. The minimum absolute atomic E-state index is 0.225. The lowest BCUT2D eigenvalue weighted by Gasteiger charge is -2.02. The maximum Gasteiger partial charge on any atom is 0.271 e. The highest BCUT2D eigenvalue weighted by molar-refractivity contribution is 5.92. The Labute approximate surface area is 122 Å². The molecule has 0 bridgehead atoms. The van der Waals surface area contributed by atoms with Gasteiger partial charge < -0.3 is 14.3 Å². The number of carbonyl (C=O) groups excluding carboxylic acids is 1. The first-order valence-electron chi connectivity index (χ1n) is 6.64. The number of amides is 1. The van der Waals surface area contributed by atoms with Crippen molar-refractivity contribution < 1.29 is 9.21 Å². The summed E-state index contributed by atoms with van der Waals surface area (Å²) in [5.41, 5.74) is 2.54. The molecule has 0 spiro atoms. The Balaban J connectivity index is 1.69. The zero-order valence-electron chi connectivity index (χ0n) is 11.6. The number of rotatable bonds is 4. The summed E-state index contributed by atoms with van der Waals surface area (Å²) in [5.74, 6) is 0.485. The van der Waals surface area contributed by atoms with E-state index in [2.05, 4.69) is 10.3 Å². The van der Waals surface area contributed by atoms with Gasteiger partial charge in [0, 0.05) is 11.9 Å². The molecule has 106 valence electrons. The standard InChI is InChI=1S/C16H15N3O2/c1-12-4-6-13(7-5-12)19-10-15(18-11-19)16(20)17-9-14-3-2-8-21-14/h2-8,10-11H,9H2,1H3,(H,17,20). The van der Waals surface area contributed by atoms with Gasteiger partial charge in [0.2, 0.25) is 0 Å². The van der Waals surface area contributed by atoms with Crippen LogP contribution in [0, 0.1) is 6.92 Å². The van der Waals surface area contributed by atoms with Crippen molar-refractivity contribution in [3.05, 3.63) is 72.2 Å². The fourth-order valence-corrected chi connectivity index (χ4v) is 1.97. The van der Waals surface area contributed by atoms with Gasteiger partial charge in [0.05, 0.1) is 12.8 Å². The van der Waals surface area contributed by atoms with E-state index in [-0.39, 0.29) is 5.91 Å². The molecule has 3 aromatic rings. The number of carbonyl (C=O) groups is 1. The molecule has 1 aromatic carbocycles. The Hall–Kier alpha value is -2.82. The number of benzene rings is 1. The lowest BCUT2D eigenvalue weighted by molar-refractivity contribution is 0.0943. The van der Waals surface area contributed by atoms with E-state index in [0.29, 0.717) is 18.0 Å². The first kappa shape index (κ1) is 13.2. The van der Waals surface area contributed by atoms with Crippen molar-refractivity contribution in [2.75, 3.05) is 0 Å². The van der Waals surface area contributed by atoms with Gasteiger partial charge in [0.15, 0.2) is 0 Å². The third kappa shape index (κ3) is 3.02. The minimum atomic E-state index is -0.225. The highest BCUT2D eigenvalue weighted by Crippen LogP contribution is 2.10. The Kier molecular flexibility index (Phi) is 3.55. The van der Waals surface area contributed by atoms with Crippen LogP contribution < -0.4 is 5.32 Å². The fourth-order valence-electron chi connectivity index (χ4n) is 1.97. The molecule has 1 N–H and O–H groups in total. The summed E-state index contributed by atoms with van der Waals surface area (Å²) >= 11 is 0. The first-order valence-corrected chi connectivity index (χ1v) is 6.64. The van der Waals surface area contributed by atoms with Crippen molar-refractivity contribution in [2.45, 2.75) is 13.5 Å². The molecular formula is C16H15N3O2. The van der Waals surface area contributed by atoms with Crippen molar-refractivity contribution in [2.24, 2.45) is 0 Å². The SMILES string of the molecule is Cc1ccc(-n2cnc(C(=O)NCc3ccco3)c2)cc1. The van der Waals surface area contributed by atoms with Gasteiger partial charge in [-0.05, 0) is 31.2 Å². The van der Waals surface area contributed by atoms with Crippen LogP contribution in [0.5, 0.6) is 0 Å². The summed E-state index contributed by atoms with van der Waals surface area (Å²) in [7, 11) is 0.